The minimum atomic E-state index is 0.496. The predicted octanol–water partition coefficient (Wildman–Crippen LogP) is 4.64. The Hall–Kier alpha value is -2.24. The Morgan fingerprint density at radius 3 is 2.66 bits per heavy atom. The first kappa shape index (κ1) is 21.5. The first-order valence-electron chi connectivity index (χ1n) is 9.63. The number of imidazole rings is 1. The molecule has 0 N–H and O–H groups in total. The van der Waals surface area contributed by atoms with Crippen molar-refractivity contribution >= 4 is 46.2 Å². The SMILES string of the molecule is Cn1c(OCC2=CC=C(C=CC=O)CC2)nc2cc(N(CCCl)CCCl)ccc21. The van der Waals surface area contributed by atoms with E-state index in [1.54, 1.807) is 0 Å². The largest absolute Gasteiger partial charge is 0.460 e. The summed E-state index contributed by atoms with van der Waals surface area (Å²) >= 11 is 11.9. The van der Waals surface area contributed by atoms with Crippen LogP contribution in [0.25, 0.3) is 11.0 Å². The molecule has 1 aromatic carbocycles. The molecule has 1 heterocycles. The number of hydrogen-bond acceptors (Lipinski definition) is 4. The average Bonchev–Trinajstić information content (AvgIpc) is 3.06. The summed E-state index contributed by atoms with van der Waals surface area (Å²) in [5.41, 5.74) is 5.30. The fourth-order valence-electron chi connectivity index (χ4n) is 3.34. The van der Waals surface area contributed by atoms with Crippen LogP contribution >= 0.6 is 23.2 Å². The van der Waals surface area contributed by atoms with Crippen molar-refractivity contribution in [2.45, 2.75) is 12.8 Å². The van der Waals surface area contributed by atoms with E-state index in [9.17, 15) is 4.79 Å². The lowest BCUT2D eigenvalue weighted by molar-refractivity contribution is -0.104. The molecule has 5 nitrogen and oxygen atoms in total. The topological polar surface area (TPSA) is 47.4 Å². The highest BCUT2D eigenvalue weighted by Crippen LogP contribution is 2.26. The van der Waals surface area contributed by atoms with Crippen LogP contribution in [0.4, 0.5) is 5.69 Å². The number of fused-ring (bicyclic) bond motifs is 1. The third kappa shape index (κ3) is 5.43. The zero-order valence-electron chi connectivity index (χ0n) is 16.5. The van der Waals surface area contributed by atoms with Crippen molar-refractivity contribution in [3.8, 4) is 6.01 Å². The van der Waals surface area contributed by atoms with Crippen LogP contribution in [0.15, 0.2) is 53.6 Å². The molecular weight excluding hydrogens is 409 g/mol. The van der Waals surface area contributed by atoms with Crippen LogP contribution in [0, 0.1) is 0 Å². The maximum Gasteiger partial charge on any atom is 0.297 e. The summed E-state index contributed by atoms with van der Waals surface area (Å²) < 4.78 is 7.96. The zero-order valence-corrected chi connectivity index (χ0v) is 18.0. The quantitative estimate of drug-likeness (QED) is 0.311. The van der Waals surface area contributed by atoms with Gasteiger partial charge in [0.15, 0.2) is 0 Å². The molecule has 0 aliphatic heterocycles. The van der Waals surface area contributed by atoms with Gasteiger partial charge < -0.3 is 9.64 Å². The van der Waals surface area contributed by atoms with E-state index in [1.807, 2.05) is 29.8 Å². The molecule has 0 saturated heterocycles. The molecule has 3 rings (SSSR count). The van der Waals surface area contributed by atoms with E-state index in [-0.39, 0.29) is 0 Å². The van der Waals surface area contributed by atoms with Crippen LogP contribution in [0.1, 0.15) is 12.8 Å². The molecule has 0 unspecified atom stereocenters. The van der Waals surface area contributed by atoms with E-state index in [4.69, 9.17) is 27.9 Å². The summed E-state index contributed by atoms with van der Waals surface area (Å²) in [6.07, 6.45) is 10.1. The summed E-state index contributed by atoms with van der Waals surface area (Å²) in [5, 5.41) is 0. The zero-order chi connectivity index (χ0) is 20.6. The Morgan fingerprint density at radius 1 is 1.21 bits per heavy atom. The van der Waals surface area contributed by atoms with Gasteiger partial charge in [-0.1, -0.05) is 18.2 Å². The lowest BCUT2D eigenvalue weighted by Gasteiger charge is -2.22. The number of halogens is 2. The third-order valence-corrected chi connectivity index (χ3v) is 5.28. The highest BCUT2D eigenvalue weighted by atomic mass is 35.5. The number of anilines is 1. The van der Waals surface area contributed by atoms with Gasteiger partial charge in [0.2, 0.25) is 0 Å². The second-order valence-corrected chi connectivity index (χ2v) is 7.60. The number of benzene rings is 1. The van der Waals surface area contributed by atoms with Gasteiger partial charge in [-0.3, -0.25) is 9.36 Å². The first-order chi connectivity index (χ1) is 14.2. The first-order valence-corrected chi connectivity index (χ1v) is 10.7. The van der Waals surface area contributed by atoms with Gasteiger partial charge in [-0.25, -0.2) is 0 Å². The van der Waals surface area contributed by atoms with Crippen LogP contribution in [0.5, 0.6) is 6.01 Å². The van der Waals surface area contributed by atoms with Crippen LogP contribution in [0.2, 0.25) is 0 Å². The summed E-state index contributed by atoms with van der Waals surface area (Å²) in [7, 11) is 1.96. The number of carbonyl (C=O) groups is 1. The highest BCUT2D eigenvalue weighted by Gasteiger charge is 2.13. The molecule has 0 radical (unpaired) electrons. The van der Waals surface area contributed by atoms with E-state index in [2.05, 4.69) is 28.1 Å². The smallest absolute Gasteiger partial charge is 0.297 e. The second kappa shape index (κ2) is 10.5. The molecule has 1 aliphatic rings. The molecule has 0 spiro atoms. The molecule has 154 valence electrons. The minimum absolute atomic E-state index is 0.496. The lowest BCUT2D eigenvalue weighted by Crippen LogP contribution is -2.27. The minimum Gasteiger partial charge on any atom is -0.460 e. The van der Waals surface area contributed by atoms with Crippen LogP contribution in [-0.2, 0) is 11.8 Å². The van der Waals surface area contributed by atoms with Crippen molar-refractivity contribution in [2.24, 2.45) is 7.05 Å². The predicted molar refractivity (Wildman–Crippen MR) is 120 cm³/mol. The van der Waals surface area contributed by atoms with Crippen molar-refractivity contribution in [1.82, 2.24) is 9.55 Å². The number of nitrogens with zero attached hydrogens (tertiary/aromatic N) is 3. The molecule has 2 aromatic rings. The van der Waals surface area contributed by atoms with E-state index in [0.717, 1.165) is 54.5 Å². The Labute approximate surface area is 181 Å². The lowest BCUT2D eigenvalue weighted by atomic mass is 9.99. The van der Waals surface area contributed by atoms with E-state index in [0.29, 0.717) is 24.4 Å². The van der Waals surface area contributed by atoms with Crippen LogP contribution < -0.4 is 9.64 Å². The molecule has 29 heavy (non-hydrogen) atoms. The van der Waals surface area contributed by atoms with Gasteiger partial charge in [0.05, 0.1) is 11.0 Å². The van der Waals surface area contributed by atoms with E-state index < -0.39 is 0 Å². The van der Waals surface area contributed by atoms with Crippen molar-refractivity contribution in [3.05, 3.63) is 53.6 Å². The Bertz CT molecular complexity index is 941. The number of aryl methyl sites for hydroxylation is 1. The van der Waals surface area contributed by atoms with Gasteiger partial charge in [0.1, 0.15) is 12.9 Å². The number of alkyl halides is 2. The fourth-order valence-corrected chi connectivity index (χ4v) is 3.75. The van der Waals surface area contributed by atoms with Gasteiger partial charge in [0.25, 0.3) is 6.01 Å². The van der Waals surface area contributed by atoms with Crippen LogP contribution in [0.3, 0.4) is 0 Å². The second-order valence-electron chi connectivity index (χ2n) is 6.84. The van der Waals surface area contributed by atoms with Crippen molar-refractivity contribution in [1.29, 1.82) is 0 Å². The molecular formula is C22H25Cl2N3O2. The monoisotopic (exact) mass is 433 g/mol. The number of rotatable bonds is 10. The summed E-state index contributed by atoms with van der Waals surface area (Å²) in [4.78, 5) is 17.3. The van der Waals surface area contributed by atoms with Crippen molar-refractivity contribution in [3.63, 3.8) is 0 Å². The average molecular weight is 434 g/mol. The van der Waals surface area contributed by atoms with Crippen LogP contribution in [-0.4, -0.2) is 47.3 Å². The number of hydrogen-bond donors (Lipinski definition) is 0. The number of ether oxygens (including phenoxy) is 1. The maximum atomic E-state index is 10.4. The molecule has 7 heteroatoms. The standard InChI is InChI=1S/C22H25Cl2N3O2/c1-26-21-9-8-19(27(12-10-23)13-11-24)15-20(21)25-22(26)29-16-18-6-4-17(5-7-18)3-2-14-28/h2-4,6,8-9,14-15H,5,7,10-13,16H2,1H3. The Morgan fingerprint density at radius 2 is 2.00 bits per heavy atom. The fraction of sp³-hybridized carbons (Fsp3) is 0.364. The van der Waals surface area contributed by atoms with Gasteiger partial charge in [-0.15, -0.1) is 23.2 Å². The molecule has 0 saturated carbocycles. The van der Waals surface area contributed by atoms with Gasteiger partial charge in [-0.2, -0.15) is 4.98 Å². The summed E-state index contributed by atoms with van der Waals surface area (Å²) in [6.45, 7) is 1.97. The van der Waals surface area contributed by atoms with E-state index in [1.165, 1.54) is 11.6 Å². The summed E-state index contributed by atoms with van der Waals surface area (Å²) in [5.74, 6) is 1.09. The molecule has 0 fully saturated rings. The third-order valence-electron chi connectivity index (χ3n) is 4.94. The normalized spacial score (nSPS) is 14.2. The molecule has 1 aliphatic carbocycles. The Kier molecular flexibility index (Phi) is 7.78. The Balaban J connectivity index is 1.73. The van der Waals surface area contributed by atoms with Gasteiger partial charge >= 0.3 is 0 Å². The number of allylic oxidation sites excluding steroid dienone is 5. The highest BCUT2D eigenvalue weighted by molar-refractivity contribution is 6.18. The molecule has 1 aromatic heterocycles. The van der Waals surface area contributed by atoms with E-state index >= 15 is 0 Å². The van der Waals surface area contributed by atoms with Gasteiger partial charge in [-0.05, 0) is 48.3 Å². The number of carbonyl (C=O) groups excluding carboxylic acids is 1. The molecule has 0 atom stereocenters. The number of aromatic nitrogens is 2. The van der Waals surface area contributed by atoms with Crippen molar-refractivity contribution in [2.75, 3.05) is 36.4 Å². The molecule has 0 amide bonds. The van der Waals surface area contributed by atoms with Gasteiger partial charge in [0, 0.05) is 37.6 Å². The molecule has 0 bridgehead atoms. The maximum absolute atomic E-state index is 10.4. The number of aldehydes is 1. The summed E-state index contributed by atoms with van der Waals surface area (Å²) in [6, 6.07) is 6.76. The van der Waals surface area contributed by atoms with Crippen molar-refractivity contribution < 1.29 is 9.53 Å².